The average molecular weight is 654 g/mol. The Bertz CT molecular complexity index is 3100. The number of pyridine rings is 3. The Morgan fingerprint density at radius 1 is 0.392 bits per heavy atom. The molecule has 0 aliphatic heterocycles. The van der Waals surface area contributed by atoms with Crippen LogP contribution in [0.15, 0.2) is 169 Å². The van der Waals surface area contributed by atoms with Gasteiger partial charge < -0.3 is 13.6 Å². The van der Waals surface area contributed by atoms with Gasteiger partial charge in [-0.15, -0.1) is 0 Å². The summed E-state index contributed by atoms with van der Waals surface area (Å²) in [6.45, 7) is 0. The average Bonchev–Trinajstić information content (AvgIpc) is 3.85. The maximum Gasteiger partial charge on any atom is 0.135 e. The van der Waals surface area contributed by atoms with Crippen LogP contribution in [0.5, 0.6) is 0 Å². The van der Waals surface area contributed by atoms with E-state index in [2.05, 4.69) is 135 Å². The highest BCUT2D eigenvalue weighted by Gasteiger charge is 2.18. The summed E-state index contributed by atoms with van der Waals surface area (Å²) in [4.78, 5) is 14.3. The van der Waals surface area contributed by atoms with Crippen molar-refractivity contribution in [1.29, 1.82) is 0 Å². The van der Waals surface area contributed by atoms with Crippen molar-refractivity contribution in [3.8, 4) is 33.8 Å². The second-order valence-corrected chi connectivity index (χ2v) is 12.9. The summed E-state index contributed by atoms with van der Waals surface area (Å²) in [5.41, 5.74) is 14.4. The van der Waals surface area contributed by atoms with Crippen molar-refractivity contribution in [3.63, 3.8) is 0 Å². The van der Waals surface area contributed by atoms with Crippen LogP contribution in [0.3, 0.4) is 0 Å². The maximum absolute atomic E-state index is 6.41. The Morgan fingerprint density at radius 2 is 0.980 bits per heavy atom. The van der Waals surface area contributed by atoms with Gasteiger partial charge in [-0.2, -0.15) is 0 Å². The third-order valence-electron chi connectivity index (χ3n) is 10.1. The van der Waals surface area contributed by atoms with Crippen LogP contribution < -0.4 is 0 Å². The molecule has 11 aromatic rings. The Balaban J connectivity index is 1.10. The fourth-order valence-corrected chi connectivity index (χ4v) is 7.85. The third kappa shape index (κ3) is 4.14. The standard InChI is InChI=1S/C45H27N5O/c1-2-10-32(37-12-5-6-22-46-37)31(9-1)28-16-19-39-36(25-28)45-41(15-8-24-48-45)50(39)30-18-21-43-35(27-30)34-26-29(17-20-42(34)51-43)49-38-13-4-3-11-33(38)44-40(49)14-7-23-47-44/h1-27H. The zero-order valence-electron chi connectivity index (χ0n) is 27.2. The zero-order chi connectivity index (χ0) is 33.5. The van der Waals surface area contributed by atoms with E-state index in [0.717, 1.165) is 99.6 Å². The van der Waals surface area contributed by atoms with E-state index in [4.69, 9.17) is 14.4 Å². The predicted molar refractivity (Wildman–Crippen MR) is 207 cm³/mol. The van der Waals surface area contributed by atoms with Gasteiger partial charge in [-0.25, -0.2) is 0 Å². The molecule has 51 heavy (non-hydrogen) atoms. The number of nitrogens with zero attached hydrogens (tertiary/aromatic N) is 5. The normalized spacial score (nSPS) is 11.9. The van der Waals surface area contributed by atoms with Crippen LogP contribution >= 0.6 is 0 Å². The van der Waals surface area contributed by atoms with Crippen molar-refractivity contribution in [2.45, 2.75) is 0 Å². The van der Waals surface area contributed by atoms with E-state index in [-0.39, 0.29) is 0 Å². The van der Waals surface area contributed by atoms with Crippen LogP contribution in [0.4, 0.5) is 0 Å². The number of aromatic nitrogens is 5. The van der Waals surface area contributed by atoms with E-state index in [1.807, 2.05) is 42.9 Å². The minimum Gasteiger partial charge on any atom is -0.456 e. The third-order valence-corrected chi connectivity index (χ3v) is 10.1. The van der Waals surface area contributed by atoms with Gasteiger partial charge in [-0.3, -0.25) is 15.0 Å². The molecule has 6 heterocycles. The predicted octanol–water partition coefficient (Wildman–Crippen LogP) is 11.3. The molecule has 0 saturated carbocycles. The van der Waals surface area contributed by atoms with Gasteiger partial charge in [0.1, 0.15) is 11.2 Å². The molecular formula is C45H27N5O. The van der Waals surface area contributed by atoms with Crippen molar-refractivity contribution in [2.75, 3.05) is 0 Å². The van der Waals surface area contributed by atoms with Gasteiger partial charge in [0.25, 0.3) is 0 Å². The molecule has 0 spiro atoms. The van der Waals surface area contributed by atoms with Crippen LogP contribution in [0, 0.1) is 0 Å². The molecule has 0 atom stereocenters. The Morgan fingerprint density at radius 3 is 1.69 bits per heavy atom. The first-order valence-corrected chi connectivity index (χ1v) is 17.0. The SMILES string of the molecule is c1ccc(-c2ccccc2-c2ccc3c(c2)c2ncccc2n3-c2ccc3oc4ccc(-n5c6ccccc6c6ncccc65)cc4c3c2)nc1. The lowest BCUT2D eigenvalue weighted by molar-refractivity contribution is 0.669. The van der Waals surface area contributed by atoms with E-state index in [0.29, 0.717) is 0 Å². The molecule has 0 radical (unpaired) electrons. The number of hydrogen-bond donors (Lipinski definition) is 0. The van der Waals surface area contributed by atoms with E-state index in [1.54, 1.807) is 0 Å². The summed E-state index contributed by atoms with van der Waals surface area (Å²) >= 11 is 0. The van der Waals surface area contributed by atoms with Crippen LogP contribution in [0.1, 0.15) is 0 Å². The molecule has 5 aromatic carbocycles. The number of rotatable bonds is 4. The number of para-hydroxylation sites is 1. The molecule has 6 aromatic heterocycles. The maximum atomic E-state index is 6.41. The van der Waals surface area contributed by atoms with Crippen LogP contribution in [0.2, 0.25) is 0 Å². The molecule has 11 rings (SSSR count). The van der Waals surface area contributed by atoms with Gasteiger partial charge in [0.2, 0.25) is 0 Å². The molecule has 0 unspecified atom stereocenters. The fourth-order valence-electron chi connectivity index (χ4n) is 7.85. The minimum atomic E-state index is 0.849. The van der Waals surface area contributed by atoms with E-state index in [1.165, 1.54) is 0 Å². The summed E-state index contributed by atoms with van der Waals surface area (Å²) in [5, 5.41) is 4.35. The largest absolute Gasteiger partial charge is 0.456 e. The van der Waals surface area contributed by atoms with Crippen molar-refractivity contribution in [3.05, 3.63) is 164 Å². The number of hydrogen-bond acceptors (Lipinski definition) is 4. The molecular weight excluding hydrogens is 627 g/mol. The first kappa shape index (κ1) is 27.9. The second kappa shape index (κ2) is 10.7. The highest BCUT2D eigenvalue weighted by molar-refractivity contribution is 6.11. The molecule has 0 aliphatic rings. The number of furan rings is 1. The Labute approximate surface area is 291 Å². The lowest BCUT2D eigenvalue weighted by Crippen LogP contribution is -1.94. The Hall–Kier alpha value is -7.05. The first-order chi connectivity index (χ1) is 25.3. The Kier molecular flexibility index (Phi) is 5.86. The highest BCUT2D eigenvalue weighted by Crippen LogP contribution is 2.39. The first-order valence-electron chi connectivity index (χ1n) is 17.0. The summed E-state index contributed by atoms with van der Waals surface area (Å²) in [5.74, 6) is 0. The van der Waals surface area contributed by atoms with Crippen molar-refractivity contribution >= 4 is 65.8 Å². The fraction of sp³-hybridized carbons (Fsp3) is 0. The number of benzene rings is 5. The molecule has 0 saturated heterocycles. The van der Waals surface area contributed by atoms with Gasteiger partial charge in [-0.1, -0.05) is 54.6 Å². The molecule has 0 bridgehead atoms. The summed E-state index contributed by atoms with van der Waals surface area (Å²) in [6, 6.07) is 50.8. The van der Waals surface area contributed by atoms with E-state index in [9.17, 15) is 0 Å². The monoisotopic (exact) mass is 653 g/mol. The van der Waals surface area contributed by atoms with Crippen molar-refractivity contribution < 1.29 is 4.42 Å². The zero-order valence-corrected chi connectivity index (χ0v) is 27.2. The van der Waals surface area contributed by atoms with Gasteiger partial charge in [0, 0.05) is 57.1 Å². The molecule has 6 heteroatoms. The van der Waals surface area contributed by atoms with Gasteiger partial charge >= 0.3 is 0 Å². The second-order valence-electron chi connectivity index (χ2n) is 12.9. The van der Waals surface area contributed by atoms with E-state index < -0.39 is 0 Å². The molecule has 0 aliphatic carbocycles. The van der Waals surface area contributed by atoms with Crippen LogP contribution in [0.25, 0.3) is 99.6 Å². The van der Waals surface area contributed by atoms with Crippen molar-refractivity contribution in [2.24, 2.45) is 0 Å². The minimum absolute atomic E-state index is 0.849. The number of fused-ring (bicyclic) bond motifs is 9. The molecule has 0 N–H and O–H groups in total. The highest BCUT2D eigenvalue weighted by atomic mass is 16.3. The topological polar surface area (TPSA) is 61.7 Å². The summed E-state index contributed by atoms with van der Waals surface area (Å²) < 4.78 is 11.0. The van der Waals surface area contributed by atoms with Gasteiger partial charge in [0.05, 0.1) is 38.8 Å². The van der Waals surface area contributed by atoms with Gasteiger partial charge in [-0.05, 0) is 102 Å². The quantitative estimate of drug-likeness (QED) is 0.190. The van der Waals surface area contributed by atoms with Crippen molar-refractivity contribution in [1.82, 2.24) is 24.1 Å². The smallest absolute Gasteiger partial charge is 0.135 e. The lowest BCUT2D eigenvalue weighted by Gasteiger charge is -2.11. The van der Waals surface area contributed by atoms with Gasteiger partial charge in [0.15, 0.2) is 0 Å². The summed E-state index contributed by atoms with van der Waals surface area (Å²) in [7, 11) is 0. The summed E-state index contributed by atoms with van der Waals surface area (Å²) in [6.07, 6.45) is 5.58. The lowest BCUT2D eigenvalue weighted by atomic mass is 9.96. The molecule has 238 valence electrons. The van der Waals surface area contributed by atoms with Crippen LogP contribution in [-0.4, -0.2) is 24.1 Å². The van der Waals surface area contributed by atoms with Crippen LogP contribution in [-0.2, 0) is 0 Å². The molecule has 0 fully saturated rings. The van der Waals surface area contributed by atoms with E-state index >= 15 is 0 Å². The molecule has 0 amide bonds. The molecule has 6 nitrogen and oxygen atoms in total.